The molecule has 1 heterocycles. The standard InChI is InChI=1S/C13H14BrFN2S/c1-2-5-16-7-10-8-18-13(17-10)11-4-3-9(14)6-12(11)15/h3-4,6,8,16H,2,5,7H2,1H3. The predicted molar refractivity (Wildman–Crippen MR) is 77.2 cm³/mol. The highest BCUT2D eigenvalue weighted by molar-refractivity contribution is 9.10. The lowest BCUT2D eigenvalue weighted by Gasteiger charge is -2.00. The van der Waals surface area contributed by atoms with E-state index >= 15 is 0 Å². The molecule has 0 saturated carbocycles. The molecular weight excluding hydrogens is 315 g/mol. The molecule has 0 fully saturated rings. The van der Waals surface area contributed by atoms with E-state index < -0.39 is 0 Å². The summed E-state index contributed by atoms with van der Waals surface area (Å²) in [7, 11) is 0. The van der Waals surface area contributed by atoms with Gasteiger partial charge in [0.2, 0.25) is 0 Å². The summed E-state index contributed by atoms with van der Waals surface area (Å²) < 4.78 is 14.5. The molecule has 0 aliphatic rings. The SMILES string of the molecule is CCCNCc1csc(-c2ccc(Br)cc2F)n1. The summed E-state index contributed by atoms with van der Waals surface area (Å²) in [6.45, 7) is 3.83. The van der Waals surface area contributed by atoms with Crippen molar-refractivity contribution in [3.8, 4) is 10.6 Å². The van der Waals surface area contributed by atoms with Crippen LogP contribution in [0, 0.1) is 5.82 Å². The van der Waals surface area contributed by atoms with E-state index in [2.05, 4.69) is 33.2 Å². The molecule has 18 heavy (non-hydrogen) atoms. The highest BCUT2D eigenvalue weighted by atomic mass is 79.9. The first-order valence-electron chi connectivity index (χ1n) is 5.81. The number of benzene rings is 1. The van der Waals surface area contributed by atoms with Crippen LogP contribution in [-0.4, -0.2) is 11.5 Å². The minimum atomic E-state index is -0.244. The topological polar surface area (TPSA) is 24.9 Å². The first-order chi connectivity index (χ1) is 8.70. The van der Waals surface area contributed by atoms with Crippen molar-refractivity contribution in [1.29, 1.82) is 0 Å². The first-order valence-corrected chi connectivity index (χ1v) is 7.48. The van der Waals surface area contributed by atoms with Gasteiger partial charge in [-0.15, -0.1) is 11.3 Å². The van der Waals surface area contributed by atoms with Crippen molar-refractivity contribution in [2.45, 2.75) is 19.9 Å². The summed E-state index contributed by atoms with van der Waals surface area (Å²) in [6, 6.07) is 5.04. The van der Waals surface area contributed by atoms with Gasteiger partial charge in [-0.3, -0.25) is 0 Å². The number of halogens is 2. The zero-order valence-corrected chi connectivity index (χ0v) is 12.4. The predicted octanol–water partition coefficient (Wildman–Crippen LogP) is 4.21. The third-order valence-electron chi connectivity index (χ3n) is 2.45. The Morgan fingerprint density at radius 1 is 1.44 bits per heavy atom. The van der Waals surface area contributed by atoms with Gasteiger partial charge in [0.25, 0.3) is 0 Å². The highest BCUT2D eigenvalue weighted by Gasteiger charge is 2.09. The van der Waals surface area contributed by atoms with Crippen LogP contribution in [0.1, 0.15) is 19.0 Å². The molecule has 0 aliphatic heterocycles. The van der Waals surface area contributed by atoms with Crippen molar-refractivity contribution in [3.63, 3.8) is 0 Å². The van der Waals surface area contributed by atoms with E-state index in [9.17, 15) is 4.39 Å². The molecule has 0 unspecified atom stereocenters. The minimum Gasteiger partial charge on any atom is -0.311 e. The van der Waals surface area contributed by atoms with Gasteiger partial charge >= 0.3 is 0 Å². The monoisotopic (exact) mass is 328 g/mol. The van der Waals surface area contributed by atoms with E-state index in [1.165, 1.54) is 17.4 Å². The molecule has 1 aromatic carbocycles. The zero-order valence-electron chi connectivity index (χ0n) is 10.0. The van der Waals surface area contributed by atoms with Gasteiger partial charge in [-0.1, -0.05) is 22.9 Å². The average molecular weight is 329 g/mol. The van der Waals surface area contributed by atoms with Gasteiger partial charge in [-0.2, -0.15) is 0 Å². The Bertz CT molecular complexity index is 527. The lowest BCUT2D eigenvalue weighted by Crippen LogP contribution is -2.13. The van der Waals surface area contributed by atoms with Gasteiger partial charge in [0.1, 0.15) is 10.8 Å². The van der Waals surface area contributed by atoms with Crippen molar-refractivity contribution >= 4 is 27.3 Å². The Morgan fingerprint density at radius 2 is 2.28 bits per heavy atom. The average Bonchev–Trinajstić information content (AvgIpc) is 2.78. The lowest BCUT2D eigenvalue weighted by atomic mass is 10.2. The van der Waals surface area contributed by atoms with Crippen LogP contribution in [0.4, 0.5) is 4.39 Å². The number of hydrogen-bond donors (Lipinski definition) is 1. The van der Waals surface area contributed by atoms with Crippen LogP contribution in [0.3, 0.4) is 0 Å². The molecule has 5 heteroatoms. The molecule has 96 valence electrons. The van der Waals surface area contributed by atoms with E-state index in [1.807, 2.05) is 11.4 Å². The molecule has 0 amide bonds. The van der Waals surface area contributed by atoms with Gasteiger partial charge in [-0.25, -0.2) is 9.37 Å². The normalized spacial score (nSPS) is 10.8. The maximum atomic E-state index is 13.8. The Balaban J connectivity index is 2.13. The van der Waals surface area contributed by atoms with Crippen LogP contribution in [0.2, 0.25) is 0 Å². The molecule has 1 aromatic heterocycles. The van der Waals surface area contributed by atoms with E-state index in [4.69, 9.17) is 0 Å². The summed E-state index contributed by atoms with van der Waals surface area (Å²) in [5, 5.41) is 5.98. The zero-order chi connectivity index (χ0) is 13.0. The minimum absolute atomic E-state index is 0.244. The summed E-state index contributed by atoms with van der Waals surface area (Å²) in [5.41, 5.74) is 1.52. The molecule has 0 saturated heterocycles. The molecule has 0 spiro atoms. The third kappa shape index (κ3) is 3.37. The number of hydrogen-bond acceptors (Lipinski definition) is 3. The van der Waals surface area contributed by atoms with Crippen LogP contribution < -0.4 is 5.32 Å². The molecule has 0 atom stereocenters. The van der Waals surface area contributed by atoms with Crippen LogP contribution in [-0.2, 0) is 6.54 Å². The Labute approximate surface area is 118 Å². The Morgan fingerprint density at radius 3 is 3.00 bits per heavy atom. The second kappa shape index (κ2) is 6.41. The van der Waals surface area contributed by atoms with E-state index in [1.54, 1.807) is 6.07 Å². The summed E-state index contributed by atoms with van der Waals surface area (Å²) in [5.74, 6) is -0.244. The smallest absolute Gasteiger partial charge is 0.134 e. The van der Waals surface area contributed by atoms with Gasteiger partial charge in [0.05, 0.1) is 5.69 Å². The van der Waals surface area contributed by atoms with Crippen molar-refractivity contribution in [1.82, 2.24) is 10.3 Å². The van der Waals surface area contributed by atoms with Gasteiger partial charge in [-0.05, 0) is 31.2 Å². The summed E-state index contributed by atoms with van der Waals surface area (Å²) >= 11 is 4.72. The fourth-order valence-corrected chi connectivity index (χ4v) is 2.75. The second-order valence-electron chi connectivity index (χ2n) is 3.94. The van der Waals surface area contributed by atoms with Crippen molar-refractivity contribution in [2.75, 3.05) is 6.54 Å². The van der Waals surface area contributed by atoms with Crippen LogP contribution >= 0.6 is 27.3 Å². The van der Waals surface area contributed by atoms with Gasteiger partial charge in [0.15, 0.2) is 0 Å². The Hall–Kier alpha value is -0.780. The number of thiazole rings is 1. The van der Waals surface area contributed by atoms with E-state index in [-0.39, 0.29) is 5.82 Å². The molecule has 0 aliphatic carbocycles. The fraction of sp³-hybridized carbons (Fsp3) is 0.308. The number of nitrogens with one attached hydrogen (secondary N) is 1. The van der Waals surface area contributed by atoms with Gasteiger partial charge < -0.3 is 5.32 Å². The molecule has 2 nitrogen and oxygen atoms in total. The maximum Gasteiger partial charge on any atom is 0.134 e. The van der Waals surface area contributed by atoms with Crippen LogP contribution in [0.5, 0.6) is 0 Å². The number of rotatable bonds is 5. The molecule has 2 aromatic rings. The second-order valence-corrected chi connectivity index (χ2v) is 5.72. The quantitative estimate of drug-likeness (QED) is 0.831. The fourth-order valence-electron chi connectivity index (χ4n) is 1.57. The van der Waals surface area contributed by atoms with Crippen LogP contribution in [0.25, 0.3) is 10.6 Å². The number of nitrogens with zero attached hydrogens (tertiary/aromatic N) is 1. The summed E-state index contributed by atoms with van der Waals surface area (Å²) in [4.78, 5) is 4.44. The van der Waals surface area contributed by atoms with Gasteiger partial charge in [0, 0.05) is 22.0 Å². The molecule has 1 N–H and O–H groups in total. The van der Waals surface area contributed by atoms with E-state index in [0.717, 1.165) is 34.7 Å². The molecule has 0 radical (unpaired) electrons. The molecule has 2 rings (SSSR count). The van der Waals surface area contributed by atoms with Crippen LogP contribution in [0.15, 0.2) is 28.1 Å². The summed E-state index contributed by atoms with van der Waals surface area (Å²) in [6.07, 6.45) is 1.10. The lowest BCUT2D eigenvalue weighted by molar-refractivity contribution is 0.630. The molecular formula is C13H14BrFN2S. The highest BCUT2D eigenvalue weighted by Crippen LogP contribution is 2.28. The maximum absolute atomic E-state index is 13.8. The van der Waals surface area contributed by atoms with Crippen molar-refractivity contribution in [2.24, 2.45) is 0 Å². The first kappa shape index (κ1) is 13.6. The third-order valence-corrected chi connectivity index (χ3v) is 3.86. The Kier molecular flexibility index (Phi) is 4.86. The largest absolute Gasteiger partial charge is 0.311 e. The van der Waals surface area contributed by atoms with E-state index in [0.29, 0.717) is 5.56 Å². The molecule has 0 bridgehead atoms. The number of aromatic nitrogens is 1. The van der Waals surface area contributed by atoms with Crippen molar-refractivity contribution < 1.29 is 4.39 Å². The van der Waals surface area contributed by atoms with Crippen molar-refractivity contribution in [3.05, 3.63) is 39.6 Å².